The number of ether oxygens (including phenoxy) is 1. The molecule has 0 aromatic heterocycles. The van der Waals surface area contributed by atoms with Crippen LogP contribution in [0.25, 0.3) is 11.1 Å². The molecule has 0 fully saturated rings. The summed E-state index contributed by atoms with van der Waals surface area (Å²) < 4.78 is 6.38. The predicted molar refractivity (Wildman–Crippen MR) is 267 cm³/mol. The third-order valence-corrected chi connectivity index (χ3v) is 12.0. The maximum atomic E-state index is 13.6. The van der Waals surface area contributed by atoms with Gasteiger partial charge in [0.25, 0.3) is 0 Å². The van der Waals surface area contributed by atoms with Crippen LogP contribution in [0, 0.1) is 0 Å². The number of nitrogens with one attached hydrogen (secondary N) is 2. The Morgan fingerprint density at radius 2 is 0.875 bits per heavy atom. The molecule has 0 atom stereocenters. The average Bonchev–Trinajstić information content (AvgIpc) is 3.18. The number of carbonyl (C=O) groups excluding carboxylic acids is 2. The molecule has 4 aromatic rings. The second-order valence-electron chi connectivity index (χ2n) is 21.9. The Bertz CT molecular complexity index is 2140. The van der Waals surface area contributed by atoms with Gasteiger partial charge in [0.15, 0.2) is 0 Å². The molecule has 0 aliphatic carbocycles. The zero-order valence-corrected chi connectivity index (χ0v) is 41.5. The first-order valence-electron chi connectivity index (χ1n) is 23.7. The second kappa shape index (κ2) is 21.8. The molecule has 0 heterocycles. The van der Waals surface area contributed by atoms with Crippen molar-refractivity contribution in [3.05, 3.63) is 94.0 Å². The van der Waals surface area contributed by atoms with Gasteiger partial charge in [-0.2, -0.15) is 0 Å². The summed E-state index contributed by atoms with van der Waals surface area (Å²) in [4.78, 5) is 26.8. The van der Waals surface area contributed by atoms with Crippen LogP contribution in [0.15, 0.2) is 60.7 Å². The van der Waals surface area contributed by atoms with Crippen molar-refractivity contribution in [3.63, 3.8) is 0 Å². The van der Waals surface area contributed by atoms with Crippen LogP contribution >= 0.6 is 0 Å². The van der Waals surface area contributed by atoms with Crippen molar-refractivity contribution in [2.45, 2.75) is 189 Å². The lowest BCUT2D eigenvalue weighted by Crippen LogP contribution is -2.18. The number of unbranched alkanes of at least 4 members (excludes halogenated alkanes) is 7. The van der Waals surface area contributed by atoms with E-state index in [0.717, 1.165) is 63.8 Å². The summed E-state index contributed by atoms with van der Waals surface area (Å²) in [7, 11) is 0. The van der Waals surface area contributed by atoms with Gasteiger partial charge in [0.2, 0.25) is 11.8 Å². The largest absolute Gasteiger partial charge is 0.507 e. The van der Waals surface area contributed by atoms with Crippen LogP contribution in [-0.4, -0.2) is 33.7 Å². The highest BCUT2D eigenvalue weighted by molar-refractivity contribution is 5.94. The number of amides is 2. The molecular weight excluding hydrogens is 797 g/mol. The third-order valence-electron chi connectivity index (χ3n) is 12.0. The summed E-state index contributed by atoms with van der Waals surface area (Å²) in [5.41, 5.74) is 6.80. The first kappa shape index (κ1) is 51.7. The standard InChI is InChI=1S/C56H80N2O6/c1-14-15-16-17-18-19-20-21-30-64-48-36-40(25-27-46(48)58-50(61)29-23-38-33-43(55(8,9)10)52(63)44(34-38)56(11,12)13)39-24-26-45(47(59)35-39)57-49(60)28-22-37-31-41(53(2,3)4)51(62)42(32-37)54(5,6)7/h24-27,31-36,59,62-63H,14-23,28-30H2,1-13H3,(H,57,60)(H,58,61). The van der Waals surface area contributed by atoms with E-state index >= 15 is 0 Å². The van der Waals surface area contributed by atoms with E-state index in [2.05, 4.69) is 101 Å². The van der Waals surface area contributed by atoms with Crippen molar-refractivity contribution in [3.8, 4) is 34.1 Å². The van der Waals surface area contributed by atoms with Gasteiger partial charge in [-0.15, -0.1) is 0 Å². The maximum Gasteiger partial charge on any atom is 0.224 e. The van der Waals surface area contributed by atoms with Crippen LogP contribution in [0.2, 0.25) is 0 Å². The van der Waals surface area contributed by atoms with Gasteiger partial charge >= 0.3 is 0 Å². The molecule has 350 valence electrons. The van der Waals surface area contributed by atoms with Crippen LogP contribution in [0.1, 0.15) is 188 Å². The van der Waals surface area contributed by atoms with E-state index in [1.807, 2.05) is 48.5 Å². The molecule has 0 aliphatic rings. The fraction of sp³-hybridized carbons (Fsp3) is 0.536. The minimum atomic E-state index is -0.270. The van der Waals surface area contributed by atoms with Crippen LogP contribution in [-0.2, 0) is 44.1 Å². The molecule has 64 heavy (non-hydrogen) atoms. The molecule has 0 saturated carbocycles. The summed E-state index contributed by atoms with van der Waals surface area (Å²) in [6.45, 7) is 27.7. The molecule has 0 unspecified atom stereocenters. The molecule has 4 aromatic carbocycles. The van der Waals surface area contributed by atoms with Crippen molar-refractivity contribution < 1.29 is 29.6 Å². The lowest BCUT2D eigenvalue weighted by Gasteiger charge is -2.28. The number of phenolic OH excluding ortho intramolecular Hbond substituents is 3. The lowest BCUT2D eigenvalue weighted by molar-refractivity contribution is -0.117. The molecule has 0 aliphatic heterocycles. The minimum absolute atomic E-state index is 0.0576. The highest BCUT2D eigenvalue weighted by atomic mass is 16.5. The molecule has 0 bridgehead atoms. The van der Waals surface area contributed by atoms with Crippen molar-refractivity contribution in [2.75, 3.05) is 17.2 Å². The first-order valence-corrected chi connectivity index (χ1v) is 23.7. The van der Waals surface area contributed by atoms with E-state index in [1.165, 1.54) is 32.1 Å². The zero-order valence-electron chi connectivity index (χ0n) is 41.5. The predicted octanol–water partition coefficient (Wildman–Crippen LogP) is 14.3. The van der Waals surface area contributed by atoms with E-state index in [1.54, 1.807) is 12.1 Å². The molecule has 4 rings (SSSR count). The van der Waals surface area contributed by atoms with Gasteiger partial charge in [-0.25, -0.2) is 0 Å². The van der Waals surface area contributed by atoms with Gasteiger partial charge in [0.05, 0.1) is 18.0 Å². The summed E-state index contributed by atoms with van der Waals surface area (Å²) >= 11 is 0. The van der Waals surface area contributed by atoms with Gasteiger partial charge in [-0.05, 0) is 110 Å². The Morgan fingerprint density at radius 1 is 0.500 bits per heavy atom. The molecule has 0 radical (unpaired) electrons. The second-order valence-corrected chi connectivity index (χ2v) is 21.9. The first-order chi connectivity index (χ1) is 29.8. The number of anilines is 2. The molecular formula is C56H80N2O6. The smallest absolute Gasteiger partial charge is 0.224 e. The number of carbonyl (C=O) groups is 2. The zero-order chi connectivity index (χ0) is 47.6. The maximum absolute atomic E-state index is 13.6. The molecule has 0 saturated heterocycles. The van der Waals surface area contributed by atoms with Crippen LogP contribution in [0.4, 0.5) is 11.4 Å². The highest BCUT2D eigenvalue weighted by Gasteiger charge is 2.28. The normalized spacial score (nSPS) is 12.3. The van der Waals surface area contributed by atoms with E-state index in [9.17, 15) is 24.9 Å². The molecule has 8 nitrogen and oxygen atoms in total. The van der Waals surface area contributed by atoms with Crippen LogP contribution in [0.3, 0.4) is 0 Å². The van der Waals surface area contributed by atoms with Crippen molar-refractivity contribution >= 4 is 23.2 Å². The van der Waals surface area contributed by atoms with E-state index < -0.39 is 0 Å². The number of aryl methyl sites for hydroxylation is 2. The van der Waals surface area contributed by atoms with E-state index in [4.69, 9.17) is 4.74 Å². The monoisotopic (exact) mass is 877 g/mol. The molecule has 2 amide bonds. The number of aromatic hydroxyl groups is 3. The minimum Gasteiger partial charge on any atom is -0.507 e. The fourth-order valence-electron chi connectivity index (χ4n) is 8.06. The summed E-state index contributed by atoms with van der Waals surface area (Å²) in [5.74, 6) is 0.769. The number of phenols is 3. The topological polar surface area (TPSA) is 128 Å². The van der Waals surface area contributed by atoms with E-state index in [-0.39, 0.29) is 52.1 Å². The Hall–Kier alpha value is -4.98. The van der Waals surface area contributed by atoms with Crippen molar-refractivity contribution in [1.29, 1.82) is 0 Å². The Morgan fingerprint density at radius 3 is 1.28 bits per heavy atom. The van der Waals surface area contributed by atoms with Crippen molar-refractivity contribution in [2.24, 2.45) is 0 Å². The quantitative estimate of drug-likeness (QED) is 0.0471. The highest BCUT2D eigenvalue weighted by Crippen LogP contribution is 2.42. The van der Waals surface area contributed by atoms with Gasteiger partial charge in [-0.3, -0.25) is 9.59 Å². The Kier molecular flexibility index (Phi) is 17.6. The fourth-order valence-corrected chi connectivity index (χ4v) is 8.06. The van der Waals surface area contributed by atoms with Gasteiger partial charge in [0.1, 0.15) is 23.0 Å². The van der Waals surface area contributed by atoms with Crippen LogP contribution < -0.4 is 15.4 Å². The summed E-state index contributed by atoms with van der Waals surface area (Å²) in [6.07, 6.45) is 10.9. The summed E-state index contributed by atoms with van der Waals surface area (Å²) in [5, 5.41) is 39.5. The molecule has 0 spiro atoms. The summed E-state index contributed by atoms with van der Waals surface area (Å²) in [6, 6.07) is 18.9. The van der Waals surface area contributed by atoms with Gasteiger partial charge in [-0.1, -0.05) is 171 Å². The van der Waals surface area contributed by atoms with Gasteiger partial charge in [0, 0.05) is 12.8 Å². The number of benzene rings is 4. The average molecular weight is 877 g/mol. The Balaban J connectivity index is 1.50. The third kappa shape index (κ3) is 14.8. The number of rotatable bonds is 19. The van der Waals surface area contributed by atoms with E-state index in [0.29, 0.717) is 48.1 Å². The van der Waals surface area contributed by atoms with Crippen LogP contribution in [0.5, 0.6) is 23.0 Å². The van der Waals surface area contributed by atoms with Crippen molar-refractivity contribution in [1.82, 2.24) is 0 Å². The number of hydrogen-bond donors (Lipinski definition) is 5. The molecule has 8 heteroatoms. The Labute approximate surface area is 385 Å². The lowest BCUT2D eigenvalue weighted by atomic mass is 9.78. The SMILES string of the molecule is CCCCCCCCCCOc1cc(-c2ccc(NC(=O)CCc3cc(C(C)(C)C)c(O)c(C(C)(C)C)c3)c(O)c2)ccc1NC(=O)CCc1cc(C(C)(C)C)c(O)c(C(C)(C)C)c1. The van der Waals surface area contributed by atoms with Gasteiger partial charge < -0.3 is 30.7 Å². The molecule has 5 N–H and O–H groups in total. The number of hydrogen-bond acceptors (Lipinski definition) is 6.